The fourth-order valence-corrected chi connectivity index (χ4v) is 3.58. The van der Waals surface area contributed by atoms with Crippen LogP contribution in [-0.2, 0) is 0 Å². The molecule has 1 aliphatic carbocycles. The van der Waals surface area contributed by atoms with E-state index in [1.54, 1.807) is 25.3 Å². The van der Waals surface area contributed by atoms with Crippen LogP contribution in [0.4, 0.5) is 0 Å². The minimum Gasteiger partial charge on any atom is -0.496 e. The Kier molecular flexibility index (Phi) is 5.39. The first-order valence-corrected chi connectivity index (χ1v) is 8.13. The monoisotopic (exact) mass is 329 g/mol. The van der Waals surface area contributed by atoms with Crippen LogP contribution in [0.1, 0.15) is 43.0 Å². The van der Waals surface area contributed by atoms with Crippen molar-refractivity contribution in [2.24, 2.45) is 5.92 Å². The lowest BCUT2D eigenvalue weighted by molar-refractivity contribution is 0.0864. The smallest absolute Gasteiger partial charge is 0.255 e. The van der Waals surface area contributed by atoms with Crippen molar-refractivity contribution in [2.45, 2.75) is 38.1 Å². The summed E-state index contributed by atoms with van der Waals surface area (Å²) in [7, 11) is 1.54. The number of amides is 1. The Hall–Kier alpha value is -0.930. The zero-order chi connectivity index (χ0) is 15.5. The molecule has 2 rings (SSSR count). The first-order chi connectivity index (χ1) is 9.99. The lowest BCUT2D eigenvalue weighted by Crippen LogP contribution is -2.52. The van der Waals surface area contributed by atoms with E-state index >= 15 is 0 Å². The number of carbonyl (C=O) groups is 1. The predicted molar refractivity (Wildman–Crippen MR) is 86.6 cm³/mol. The van der Waals surface area contributed by atoms with Gasteiger partial charge in [-0.05, 0) is 37.0 Å². The van der Waals surface area contributed by atoms with Crippen LogP contribution in [-0.4, -0.2) is 24.4 Å². The molecule has 0 heterocycles. The second-order valence-corrected chi connectivity index (χ2v) is 6.62. The highest BCUT2D eigenvalue weighted by molar-refractivity contribution is 6.31. The van der Waals surface area contributed by atoms with Gasteiger partial charge in [0, 0.05) is 10.9 Å². The quantitative estimate of drug-likeness (QED) is 0.838. The number of methoxy groups -OCH3 is 1. The molecule has 3 nitrogen and oxygen atoms in total. The molecule has 1 aliphatic rings. The fourth-order valence-electron chi connectivity index (χ4n) is 3.09. The third-order valence-corrected chi connectivity index (χ3v) is 4.88. The Labute approximate surface area is 136 Å². The van der Waals surface area contributed by atoms with Crippen LogP contribution in [0.3, 0.4) is 0 Å². The Morgan fingerprint density at radius 1 is 1.52 bits per heavy atom. The summed E-state index contributed by atoms with van der Waals surface area (Å²) >= 11 is 12.2. The van der Waals surface area contributed by atoms with Crippen LogP contribution < -0.4 is 10.1 Å². The molecule has 1 aromatic carbocycles. The summed E-state index contributed by atoms with van der Waals surface area (Å²) in [5.41, 5.74) is 0.122. The number of alkyl halides is 1. The Morgan fingerprint density at radius 2 is 2.29 bits per heavy atom. The highest BCUT2D eigenvalue weighted by atomic mass is 35.5. The molecule has 1 saturated carbocycles. The fraction of sp³-hybridized carbons (Fsp3) is 0.562. The Balaban J connectivity index is 2.22. The van der Waals surface area contributed by atoms with E-state index in [9.17, 15) is 4.79 Å². The van der Waals surface area contributed by atoms with Gasteiger partial charge in [0.1, 0.15) is 5.75 Å². The number of hydrogen-bond acceptors (Lipinski definition) is 2. The van der Waals surface area contributed by atoms with Crippen molar-refractivity contribution < 1.29 is 9.53 Å². The van der Waals surface area contributed by atoms with E-state index in [1.165, 1.54) is 6.42 Å². The SMILES string of the molecule is COc1ccc(Cl)cc1C(=O)NC1(CCl)CCCC(C)C1. The highest BCUT2D eigenvalue weighted by Gasteiger charge is 2.36. The maximum Gasteiger partial charge on any atom is 0.255 e. The van der Waals surface area contributed by atoms with Gasteiger partial charge >= 0.3 is 0 Å². The molecule has 0 bridgehead atoms. The zero-order valence-corrected chi connectivity index (χ0v) is 13.9. The first-order valence-electron chi connectivity index (χ1n) is 7.22. The van der Waals surface area contributed by atoms with Crippen LogP contribution >= 0.6 is 23.2 Å². The summed E-state index contributed by atoms with van der Waals surface area (Å²) in [6, 6.07) is 5.04. The second kappa shape index (κ2) is 6.89. The molecule has 1 N–H and O–H groups in total. The largest absolute Gasteiger partial charge is 0.496 e. The maximum atomic E-state index is 12.6. The molecular weight excluding hydrogens is 309 g/mol. The van der Waals surface area contributed by atoms with Gasteiger partial charge in [0.05, 0.1) is 18.2 Å². The third-order valence-electron chi connectivity index (χ3n) is 4.13. The van der Waals surface area contributed by atoms with Gasteiger partial charge in [-0.15, -0.1) is 11.6 Å². The number of hydrogen-bond donors (Lipinski definition) is 1. The average Bonchev–Trinajstić information content (AvgIpc) is 2.47. The molecule has 116 valence electrons. The Bertz CT molecular complexity index is 521. The van der Waals surface area contributed by atoms with Crippen molar-refractivity contribution in [3.05, 3.63) is 28.8 Å². The number of carbonyl (C=O) groups excluding carboxylic acids is 1. The predicted octanol–water partition coefficient (Wildman–Crippen LogP) is 4.27. The lowest BCUT2D eigenvalue weighted by atomic mass is 9.77. The normalized spacial score (nSPS) is 25.4. The maximum absolute atomic E-state index is 12.6. The number of rotatable bonds is 4. The van der Waals surface area contributed by atoms with Gasteiger partial charge in [-0.3, -0.25) is 4.79 Å². The molecule has 1 amide bonds. The summed E-state index contributed by atoms with van der Waals surface area (Å²) in [4.78, 5) is 12.6. The molecule has 2 unspecified atom stereocenters. The van der Waals surface area contributed by atoms with Crippen molar-refractivity contribution in [2.75, 3.05) is 13.0 Å². The van der Waals surface area contributed by atoms with Crippen LogP contribution in [0, 0.1) is 5.92 Å². The molecule has 5 heteroatoms. The number of halogens is 2. The van der Waals surface area contributed by atoms with Crippen molar-refractivity contribution in [1.29, 1.82) is 0 Å². The highest BCUT2D eigenvalue weighted by Crippen LogP contribution is 2.34. The van der Waals surface area contributed by atoms with Gasteiger partial charge in [-0.2, -0.15) is 0 Å². The van der Waals surface area contributed by atoms with Crippen LogP contribution in [0.25, 0.3) is 0 Å². The molecule has 0 aromatic heterocycles. The molecule has 21 heavy (non-hydrogen) atoms. The van der Waals surface area contributed by atoms with E-state index < -0.39 is 0 Å². The van der Waals surface area contributed by atoms with Gasteiger partial charge in [0.2, 0.25) is 0 Å². The second-order valence-electron chi connectivity index (χ2n) is 5.91. The van der Waals surface area contributed by atoms with Crippen molar-refractivity contribution >= 4 is 29.1 Å². The van der Waals surface area contributed by atoms with E-state index in [-0.39, 0.29) is 11.4 Å². The molecule has 0 saturated heterocycles. The summed E-state index contributed by atoms with van der Waals surface area (Å²) in [5, 5.41) is 3.63. The van der Waals surface area contributed by atoms with Gasteiger partial charge in [-0.25, -0.2) is 0 Å². The molecule has 0 aliphatic heterocycles. The van der Waals surface area contributed by atoms with Crippen LogP contribution in [0.15, 0.2) is 18.2 Å². The summed E-state index contributed by atoms with van der Waals surface area (Å²) in [6.07, 6.45) is 4.09. The minimum atomic E-state index is -0.330. The van der Waals surface area contributed by atoms with E-state index in [0.717, 1.165) is 19.3 Å². The van der Waals surface area contributed by atoms with Gasteiger partial charge < -0.3 is 10.1 Å². The van der Waals surface area contributed by atoms with Crippen molar-refractivity contribution in [3.8, 4) is 5.75 Å². The topological polar surface area (TPSA) is 38.3 Å². The molecule has 2 atom stereocenters. The zero-order valence-electron chi connectivity index (χ0n) is 12.4. The number of ether oxygens (including phenoxy) is 1. The lowest BCUT2D eigenvalue weighted by Gasteiger charge is -2.39. The third kappa shape index (κ3) is 3.83. The standard InChI is InChI=1S/C16H21Cl2NO2/c1-11-4-3-7-16(9-11,10-17)19-15(20)13-8-12(18)5-6-14(13)21-2/h5-6,8,11H,3-4,7,9-10H2,1-2H3,(H,19,20). The molecule has 0 radical (unpaired) electrons. The minimum absolute atomic E-state index is 0.177. The number of nitrogens with one attached hydrogen (secondary N) is 1. The number of benzene rings is 1. The van der Waals surface area contributed by atoms with E-state index in [1.807, 2.05) is 0 Å². The summed E-state index contributed by atoms with van der Waals surface area (Å²) in [5.74, 6) is 1.33. The van der Waals surface area contributed by atoms with Gasteiger partial charge in [-0.1, -0.05) is 31.4 Å². The van der Waals surface area contributed by atoms with E-state index in [2.05, 4.69) is 12.2 Å². The molecular formula is C16H21Cl2NO2. The average molecular weight is 330 g/mol. The first kappa shape index (κ1) is 16.4. The molecule has 1 fully saturated rings. The van der Waals surface area contributed by atoms with Gasteiger partial charge in [0.15, 0.2) is 0 Å². The molecule has 0 spiro atoms. The summed E-state index contributed by atoms with van der Waals surface area (Å²) < 4.78 is 5.25. The van der Waals surface area contributed by atoms with Crippen molar-refractivity contribution in [1.82, 2.24) is 5.32 Å². The summed E-state index contributed by atoms with van der Waals surface area (Å²) in [6.45, 7) is 2.20. The van der Waals surface area contributed by atoms with Crippen LogP contribution in [0.2, 0.25) is 5.02 Å². The van der Waals surface area contributed by atoms with E-state index in [0.29, 0.717) is 28.1 Å². The van der Waals surface area contributed by atoms with E-state index in [4.69, 9.17) is 27.9 Å². The van der Waals surface area contributed by atoms with Gasteiger partial charge in [0.25, 0.3) is 5.91 Å². The van der Waals surface area contributed by atoms with Crippen LogP contribution in [0.5, 0.6) is 5.75 Å². The molecule has 1 aromatic rings. The Morgan fingerprint density at radius 3 is 2.90 bits per heavy atom. The van der Waals surface area contributed by atoms with Crippen molar-refractivity contribution in [3.63, 3.8) is 0 Å².